The lowest BCUT2D eigenvalue weighted by molar-refractivity contribution is -0.137. The summed E-state index contributed by atoms with van der Waals surface area (Å²) < 4.78 is 31.1. The highest BCUT2D eigenvalue weighted by molar-refractivity contribution is 9.10. The first-order valence-electron chi connectivity index (χ1n) is 11.9. The number of carbonyl (C=O) groups is 4. The van der Waals surface area contributed by atoms with Gasteiger partial charge in [-0.3, -0.25) is 0 Å². The van der Waals surface area contributed by atoms with Crippen molar-refractivity contribution in [2.75, 3.05) is 20.3 Å². The Morgan fingerprint density at radius 2 is 1.27 bits per heavy atom. The smallest absolute Gasteiger partial charge is 0.497 e. The lowest BCUT2D eigenvalue weighted by Crippen LogP contribution is -2.13. The first-order chi connectivity index (χ1) is 19.3. The third-order valence-electron chi connectivity index (χ3n) is 5.10. The van der Waals surface area contributed by atoms with E-state index < -0.39 is 24.1 Å². The fraction of sp³-hybridized carbons (Fsp3) is 0.172. The summed E-state index contributed by atoms with van der Waals surface area (Å²) in [5, 5.41) is 0. The van der Waals surface area contributed by atoms with Gasteiger partial charge in [-0.05, 0) is 95.5 Å². The number of methoxy groups -OCH3 is 1. The Balaban J connectivity index is 1.46. The van der Waals surface area contributed by atoms with E-state index in [0.29, 0.717) is 28.6 Å². The summed E-state index contributed by atoms with van der Waals surface area (Å²) in [6.07, 6.45) is 1.15. The molecule has 0 saturated carbocycles. The molecule has 0 spiro atoms. The molecule has 0 amide bonds. The van der Waals surface area contributed by atoms with Crippen LogP contribution in [0.3, 0.4) is 0 Å². The van der Waals surface area contributed by atoms with Crippen LogP contribution in [0.25, 0.3) is 0 Å². The van der Waals surface area contributed by atoms with Crippen LogP contribution in [0.15, 0.2) is 83.9 Å². The van der Waals surface area contributed by atoms with Gasteiger partial charge >= 0.3 is 24.1 Å². The van der Waals surface area contributed by atoms with Crippen molar-refractivity contribution in [2.45, 2.75) is 12.8 Å². The van der Waals surface area contributed by atoms with E-state index in [1.165, 1.54) is 49.6 Å². The molecule has 40 heavy (non-hydrogen) atoms. The van der Waals surface area contributed by atoms with Gasteiger partial charge in [0.15, 0.2) is 0 Å². The van der Waals surface area contributed by atoms with Crippen molar-refractivity contribution < 1.29 is 47.6 Å². The van der Waals surface area contributed by atoms with Crippen LogP contribution >= 0.6 is 15.9 Å². The predicted molar refractivity (Wildman–Crippen MR) is 146 cm³/mol. The summed E-state index contributed by atoms with van der Waals surface area (Å²) in [6, 6.07) is 16.6. The molecule has 0 aliphatic rings. The van der Waals surface area contributed by atoms with Crippen molar-refractivity contribution in [1.82, 2.24) is 0 Å². The Morgan fingerprint density at radius 3 is 1.85 bits per heavy atom. The fourth-order valence-electron chi connectivity index (χ4n) is 3.06. The van der Waals surface area contributed by atoms with E-state index in [1.807, 2.05) is 0 Å². The number of hydrogen-bond donors (Lipinski definition) is 0. The van der Waals surface area contributed by atoms with Crippen molar-refractivity contribution in [3.05, 3.63) is 95.0 Å². The van der Waals surface area contributed by atoms with Gasteiger partial charge in [-0.1, -0.05) is 6.58 Å². The highest BCUT2D eigenvalue weighted by Gasteiger charge is 2.15. The third kappa shape index (κ3) is 9.28. The van der Waals surface area contributed by atoms with E-state index in [1.54, 1.807) is 24.3 Å². The van der Waals surface area contributed by atoms with Crippen LogP contribution in [0.2, 0.25) is 0 Å². The van der Waals surface area contributed by atoms with Crippen molar-refractivity contribution in [2.24, 2.45) is 0 Å². The van der Waals surface area contributed by atoms with Crippen molar-refractivity contribution in [1.29, 1.82) is 0 Å². The van der Waals surface area contributed by atoms with Crippen molar-refractivity contribution in [3.8, 4) is 23.0 Å². The number of carbonyl (C=O) groups excluding carboxylic acids is 4. The summed E-state index contributed by atoms with van der Waals surface area (Å²) >= 11 is 3.31. The zero-order chi connectivity index (χ0) is 28.9. The quantitative estimate of drug-likeness (QED) is 0.0800. The number of hydrogen-bond acceptors (Lipinski definition) is 10. The second-order valence-corrected chi connectivity index (χ2v) is 8.76. The molecule has 0 saturated heterocycles. The summed E-state index contributed by atoms with van der Waals surface area (Å²) in [4.78, 5) is 47.7. The zero-order valence-electron chi connectivity index (χ0n) is 21.4. The van der Waals surface area contributed by atoms with Gasteiger partial charge in [0.2, 0.25) is 0 Å². The average Bonchev–Trinajstić information content (AvgIpc) is 2.96. The Hall–Kier alpha value is -4.64. The number of rotatable bonds is 12. The Labute approximate surface area is 238 Å². The van der Waals surface area contributed by atoms with Crippen LogP contribution in [0.5, 0.6) is 23.0 Å². The summed E-state index contributed by atoms with van der Waals surface area (Å²) in [6.45, 7) is 3.57. The lowest BCUT2D eigenvalue weighted by atomic mass is 10.2. The molecule has 10 nitrogen and oxygen atoms in total. The number of ether oxygens (including phenoxy) is 6. The minimum atomic E-state index is -0.907. The summed E-state index contributed by atoms with van der Waals surface area (Å²) in [7, 11) is 1.53. The van der Waals surface area contributed by atoms with E-state index in [0.717, 1.165) is 6.08 Å². The molecule has 0 aliphatic heterocycles. The monoisotopic (exact) mass is 612 g/mol. The molecule has 0 aliphatic carbocycles. The van der Waals surface area contributed by atoms with Crippen LogP contribution in [-0.4, -0.2) is 44.4 Å². The van der Waals surface area contributed by atoms with Crippen molar-refractivity contribution in [3.63, 3.8) is 0 Å². The number of benzene rings is 3. The Morgan fingerprint density at radius 1 is 0.725 bits per heavy atom. The van der Waals surface area contributed by atoms with E-state index in [4.69, 9.17) is 28.4 Å². The second-order valence-electron chi connectivity index (χ2n) is 7.90. The molecule has 0 aromatic heterocycles. The van der Waals surface area contributed by atoms with E-state index in [-0.39, 0.29) is 36.0 Å². The van der Waals surface area contributed by atoms with Gasteiger partial charge < -0.3 is 28.4 Å². The third-order valence-corrected chi connectivity index (χ3v) is 5.72. The van der Waals surface area contributed by atoms with Gasteiger partial charge in [0.25, 0.3) is 0 Å². The average molecular weight is 613 g/mol. The van der Waals surface area contributed by atoms with Crippen LogP contribution < -0.4 is 18.9 Å². The van der Waals surface area contributed by atoms with Gasteiger partial charge in [-0.2, -0.15) is 0 Å². The minimum Gasteiger partial charge on any atom is -0.497 e. The SMILES string of the molecule is C=CC(=O)OCCCCOC(=O)Oc1ccc(C(=O)Oc2ccc(OC(=O)c3ccc(OC)cc3)cc2Br)cc1. The predicted octanol–water partition coefficient (Wildman–Crippen LogP) is 5.92. The van der Waals surface area contributed by atoms with Gasteiger partial charge in [-0.25, -0.2) is 19.2 Å². The van der Waals surface area contributed by atoms with Crippen LogP contribution in [0, 0.1) is 0 Å². The first kappa shape index (κ1) is 29.9. The Kier molecular flexibility index (Phi) is 11.3. The van der Waals surface area contributed by atoms with Crippen LogP contribution in [0.4, 0.5) is 4.79 Å². The Bertz CT molecular complexity index is 1350. The molecule has 11 heteroatoms. The molecular formula is C29H25BrO10. The molecule has 0 bridgehead atoms. The molecule has 3 aromatic rings. The van der Waals surface area contributed by atoms with Crippen molar-refractivity contribution >= 4 is 40.0 Å². The summed E-state index contributed by atoms with van der Waals surface area (Å²) in [5.41, 5.74) is 0.550. The van der Waals surface area contributed by atoms with E-state index in [9.17, 15) is 19.2 Å². The normalized spacial score (nSPS) is 10.2. The van der Waals surface area contributed by atoms with Gasteiger partial charge in [0.05, 0.1) is 35.9 Å². The maximum atomic E-state index is 12.6. The maximum Gasteiger partial charge on any atom is 0.513 e. The van der Waals surface area contributed by atoms with Gasteiger partial charge in [0.1, 0.15) is 23.0 Å². The standard InChI is InChI=1S/C29H25BrO10/c1-3-26(31)36-16-4-5-17-37-29(34)39-22-12-8-20(9-13-22)28(33)40-25-15-14-23(18-24(25)30)38-27(32)19-6-10-21(35-2)11-7-19/h3,6-15,18H,1,4-5,16-17H2,2H3. The van der Waals surface area contributed by atoms with Gasteiger partial charge in [0, 0.05) is 6.08 Å². The molecule has 0 unspecified atom stereocenters. The maximum absolute atomic E-state index is 12.6. The van der Waals surface area contributed by atoms with Crippen LogP contribution in [0.1, 0.15) is 33.6 Å². The van der Waals surface area contributed by atoms with E-state index in [2.05, 4.69) is 22.5 Å². The van der Waals surface area contributed by atoms with Crippen LogP contribution in [-0.2, 0) is 14.3 Å². The van der Waals surface area contributed by atoms with Gasteiger partial charge in [-0.15, -0.1) is 0 Å². The van der Waals surface area contributed by atoms with E-state index >= 15 is 0 Å². The highest BCUT2D eigenvalue weighted by Crippen LogP contribution is 2.30. The molecule has 208 valence electrons. The topological polar surface area (TPSA) is 124 Å². The number of esters is 3. The fourth-order valence-corrected chi connectivity index (χ4v) is 3.49. The molecule has 0 fully saturated rings. The molecule has 0 radical (unpaired) electrons. The zero-order valence-corrected chi connectivity index (χ0v) is 23.0. The number of unbranched alkanes of at least 4 members (excludes halogenated alkanes) is 1. The molecule has 3 rings (SSSR count). The molecule has 0 atom stereocenters. The summed E-state index contributed by atoms with van der Waals surface area (Å²) in [5.74, 6) is -0.488. The second kappa shape index (κ2) is 15.1. The highest BCUT2D eigenvalue weighted by atomic mass is 79.9. The molecule has 0 N–H and O–H groups in total. The largest absolute Gasteiger partial charge is 0.513 e. The molecule has 0 heterocycles. The minimum absolute atomic E-state index is 0.0865. The molecular weight excluding hydrogens is 588 g/mol. The first-order valence-corrected chi connectivity index (χ1v) is 12.7. The number of halogens is 1. The molecule has 3 aromatic carbocycles. The lowest BCUT2D eigenvalue weighted by Gasteiger charge is -2.10.